The molecule has 1 saturated heterocycles. The highest BCUT2D eigenvalue weighted by Gasteiger charge is 2.24. The van der Waals surface area contributed by atoms with Crippen molar-refractivity contribution in [3.8, 4) is 5.75 Å². The highest BCUT2D eigenvalue weighted by molar-refractivity contribution is 7.91. The summed E-state index contributed by atoms with van der Waals surface area (Å²) in [6.07, 6.45) is 0. The second-order valence-electron chi connectivity index (χ2n) is 4.41. The summed E-state index contributed by atoms with van der Waals surface area (Å²) in [5, 5.41) is 0. The first-order valence-electron chi connectivity index (χ1n) is 6.10. The normalized spacial score (nSPS) is 18.3. The van der Waals surface area contributed by atoms with Crippen LogP contribution in [0.2, 0.25) is 0 Å². The number of anilines is 2. The molecule has 1 fully saturated rings. The van der Waals surface area contributed by atoms with Gasteiger partial charge in [-0.15, -0.1) is 0 Å². The molecule has 19 heavy (non-hydrogen) atoms. The molecule has 0 bridgehead atoms. The van der Waals surface area contributed by atoms with Crippen molar-refractivity contribution in [2.75, 3.05) is 41.8 Å². The number of nitrogens with two attached hydrogens (primary N) is 1. The molecular formula is C12H17FN2O3S. The molecule has 0 saturated carbocycles. The maximum absolute atomic E-state index is 13.6. The molecule has 0 atom stereocenters. The van der Waals surface area contributed by atoms with E-state index in [1.165, 1.54) is 12.1 Å². The van der Waals surface area contributed by atoms with Gasteiger partial charge in [0.05, 0.1) is 29.5 Å². The van der Waals surface area contributed by atoms with Crippen LogP contribution < -0.4 is 15.4 Å². The molecule has 2 rings (SSSR count). The number of nitrogen functional groups attached to an aromatic ring is 1. The quantitative estimate of drug-likeness (QED) is 0.841. The molecule has 106 valence electrons. The number of rotatable bonds is 3. The summed E-state index contributed by atoms with van der Waals surface area (Å²) in [5.41, 5.74) is 6.71. The van der Waals surface area contributed by atoms with Crippen molar-refractivity contribution >= 4 is 21.2 Å². The topological polar surface area (TPSA) is 72.6 Å². The third kappa shape index (κ3) is 3.09. The van der Waals surface area contributed by atoms with Crippen LogP contribution in [0.15, 0.2) is 12.1 Å². The number of halogens is 1. The molecule has 0 aromatic heterocycles. The van der Waals surface area contributed by atoms with Crippen molar-refractivity contribution in [3.63, 3.8) is 0 Å². The van der Waals surface area contributed by atoms with E-state index in [-0.39, 0.29) is 17.3 Å². The summed E-state index contributed by atoms with van der Waals surface area (Å²) in [5.74, 6) is -0.186. The van der Waals surface area contributed by atoms with Gasteiger partial charge in [0.15, 0.2) is 21.4 Å². The summed E-state index contributed by atoms with van der Waals surface area (Å²) >= 11 is 0. The Morgan fingerprint density at radius 2 is 2.00 bits per heavy atom. The fraction of sp³-hybridized carbons (Fsp3) is 0.500. The van der Waals surface area contributed by atoms with E-state index in [0.29, 0.717) is 31.1 Å². The minimum absolute atomic E-state index is 0.0911. The van der Waals surface area contributed by atoms with Gasteiger partial charge >= 0.3 is 0 Å². The predicted molar refractivity (Wildman–Crippen MR) is 72.8 cm³/mol. The van der Waals surface area contributed by atoms with Gasteiger partial charge in [-0.05, 0) is 6.92 Å². The first-order valence-corrected chi connectivity index (χ1v) is 7.92. The van der Waals surface area contributed by atoms with Crippen LogP contribution in [0, 0.1) is 5.82 Å². The van der Waals surface area contributed by atoms with Crippen molar-refractivity contribution < 1.29 is 17.5 Å². The average Bonchev–Trinajstić information content (AvgIpc) is 2.33. The van der Waals surface area contributed by atoms with Crippen LogP contribution in [-0.2, 0) is 9.84 Å². The number of hydrogen-bond acceptors (Lipinski definition) is 5. The highest BCUT2D eigenvalue weighted by Crippen LogP contribution is 2.31. The van der Waals surface area contributed by atoms with Crippen LogP contribution >= 0.6 is 0 Å². The lowest BCUT2D eigenvalue weighted by molar-refractivity contribution is 0.321. The summed E-state index contributed by atoms with van der Waals surface area (Å²) in [7, 11) is -2.95. The van der Waals surface area contributed by atoms with E-state index in [4.69, 9.17) is 10.5 Å². The summed E-state index contributed by atoms with van der Waals surface area (Å²) in [4.78, 5) is 1.85. The molecule has 1 aliphatic rings. The summed E-state index contributed by atoms with van der Waals surface area (Å²) < 4.78 is 41.6. The van der Waals surface area contributed by atoms with Crippen LogP contribution in [0.1, 0.15) is 6.92 Å². The molecule has 0 spiro atoms. The van der Waals surface area contributed by atoms with Crippen LogP contribution in [0.3, 0.4) is 0 Å². The molecule has 1 aromatic rings. The lowest BCUT2D eigenvalue weighted by Gasteiger charge is -2.30. The van der Waals surface area contributed by atoms with E-state index in [1.54, 1.807) is 6.92 Å². The molecule has 2 N–H and O–H groups in total. The lowest BCUT2D eigenvalue weighted by atomic mass is 10.2. The molecule has 0 unspecified atom stereocenters. The van der Waals surface area contributed by atoms with Crippen molar-refractivity contribution in [1.82, 2.24) is 0 Å². The minimum atomic E-state index is -2.95. The molecule has 5 nitrogen and oxygen atoms in total. The first kappa shape index (κ1) is 13.9. The minimum Gasteiger partial charge on any atom is -0.491 e. The van der Waals surface area contributed by atoms with Gasteiger partial charge in [0, 0.05) is 25.2 Å². The molecule has 1 heterocycles. The third-order valence-electron chi connectivity index (χ3n) is 3.07. The van der Waals surface area contributed by atoms with Gasteiger partial charge in [0.2, 0.25) is 0 Å². The molecule has 0 amide bonds. The SMILES string of the molecule is CCOc1cc(N2CCS(=O)(=O)CC2)c(N)cc1F. The third-order valence-corrected chi connectivity index (χ3v) is 4.68. The Morgan fingerprint density at radius 3 is 2.58 bits per heavy atom. The zero-order valence-electron chi connectivity index (χ0n) is 10.7. The van der Waals surface area contributed by atoms with E-state index in [0.717, 1.165) is 0 Å². The zero-order chi connectivity index (χ0) is 14.0. The van der Waals surface area contributed by atoms with Crippen LogP contribution in [0.5, 0.6) is 5.75 Å². The zero-order valence-corrected chi connectivity index (χ0v) is 11.5. The Hall–Kier alpha value is -1.50. The van der Waals surface area contributed by atoms with Gasteiger partial charge in [-0.25, -0.2) is 12.8 Å². The van der Waals surface area contributed by atoms with Crippen LogP contribution in [-0.4, -0.2) is 39.6 Å². The Labute approximate surface area is 112 Å². The molecule has 0 aliphatic carbocycles. The Kier molecular flexibility index (Phi) is 3.84. The molecule has 7 heteroatoms. The second kappa shape index (κ2) is 5.24. The number of sulfone groups is 1. The number of ether oxygens (including phenoxy) is 1. The summed E-state index contributed by atoms with van der Waals surface area (Å²) in [6, 6.07) is 2.75. The van der Waals surface area contributed by atoms with E-state index in [2.05, 4.69) is 0 Å². The smallest absolute Gasteiger partial charge is 0.167 e. The monoisotopic (exact) mass is 288 g/mol. The van der Waals surface area contributed by atoms with Crippen LogP contribution in [0.4, 0.5) is 15.8 Å². The molecular weight excluding hydrogens is 271 g/mol. The maximum Gasteiger partial charge on any atom is 0.167 e. The standard InChI is InChI=1S/C12H17FN2O3S/c1-2-18-12-8-11(10(14)7-9(12)13)15-3-5-19(16,17)6-4-15/h7-8H,2-6,14H2,1H3. The Balaban J connectivity index is 2.27. The highest BCUT2D eigenvalue weighted by atomic mass is 32.2. The first-order chi connectivity index (χ1) is 8.93. The van der Waals surface area contributed by atoms with Crippen molar-refractivity contribution in [3.05, 3.63) is 17.9 Å². The fourth-order valence-corrected chi connectivity index (χ4v) is 3.25. The second-order valence-corrected chi connectivity index (χ2v) is 6.72. The molecule has 0 radical (unpaired) electrons. The van der Waals surface area contributed by atoms with Gasteiger partial charge in [0.1, 0.15) is 0 Å². The van der Waals surface area contributed by atoms with Crippen molar-refractivity contribution in [1.29, 1.82) is 0 Å². The van der Waals surface area contributed by atoms with Crippen LogP contribution in [0.25, 0.3) is 0 Å². The largest absolute Gasteiger partial charge is 0.491 e. The molecule has 1 aromatic carbocycles. The molecule has 1 aliphatic heterocycles. The van der Waals surface area contributed by atoms with Gasteiger partial charge < -0.3 is 15.4 Å². The lowest BCUT2D eigenvalue weighted by Crippen LogP contribution is -2.40. The van der Waals surface area contributed by atoms with Crippen molar-refractivity contribution in [2.45, 2.75) is 6.92 Å². The van der Waals surface area contributed by atoms with Crippen molar-refractivity contribution in [2.24, 2.45) is 0 Å². The fourth-order valence-electron chi connectivity index (χ4n) is 2.05. The van der Waals surface area contributed by atoms with Gasteiger partial charge in [-0.2, -0.15) is 0 Å². The summed E-state index contributed by atoms with van der Waals surface area (Å²) in [6.45, 7) is 2.85. The van der Waals surface area contributed by atoms with E-state index >= 15 is 0 Å². The maximum atomic E-state index is 13.6. The van der Waals surface area contributed by atoms with Gasteiger partial charge in [-0.1, -0.05) is 0 Å². The van der Waals surface area contributed by atoms with Gasteiger partial charge in [0.25, 0.3) is 0 Å². The Bertz CT molecular complexity index is 561. The van der Waals surface area contributed by atoms with E-state index in [9.17, 15) is 12.8 Å². The number of hydrogen-bond donors (Lipinski definition) is 1. The predicted octanol–water partition coefficient (Wildman–Crippen LogP) is 1.04. The van der Waals surface area contributed by atoms with E-state index in [1.807, 2.05) is 4.90 Å². The average molecular weight is 288 g/mol. The Morgan fingerprint density at radius 1 is 1.37 bits per heavy atom. The number of nitrogens with zero attached hydrogens (tertiary/aromatic N) is 1. The number of benzene rings is 1. The van der Waals surface area contributed by atoms with E-state index < -0.39 is 15.7 Å². The van der Waals surface area contributed by atoms with Gasteiger partial charge in [-0.3, -0.25) is 0 Å².